The van der Waals surface area contributed by atoms with E-state index in [1.807, 2.05) is 19.3 Å². The highest BCUT2D eigenvalue weighted by Crippen LogP contribution is 2.08. The molecular weight excluding hydrogens is 207 g/mol. The van der Waals surface area contributed by atoms with Crippen molar-refractivity contribution >= 4 is 5.82 Å². The van der Waals surface area contributed by atoms with Crippen LogP contribution in [-0.4, -0.2) is 21.3 Å². The fourth-order valence-electron chi connectivity index (χ4n) is 1.42. The standard InChI is InChI=1S/C11H13FN4/c1-16-8-5-9(15-16)4-7-14-11-10(12)3-2-6-13-11/h2-3,5-6,8H,4,7H2,1H3,(H,13,14). The minimum absolute atomic E-state index is 0.290. The number of halogens is 1. The van der Waals surface area contributed by atoms with Crippen molar-refractivity contribution in [3.05, 3.63) is 42.1 Å². The van der Waals surface area contributed by atoms with Gasteiger partial charge >= 0.3 is 0 Å². The SMILES string of the molecule is Cn1ccc(CCNc2ncccc2F)n1. The number of nitrogens with zero attached hydrogens (tertiary/aromatic N) is 3. The van der Waals surface area contributed by atoms with Crippen LogP contribution in [0, 0.1) is 5.82 Å². The maximum Gasteiger partial charge on any atom is 0.165 e. The smallest absolute Gasteiger partial charge is 0.165 e. The van der Waals surface area contributed by atoms with Crippen molar-refractivity contribution in [3.63, 3.8) is 0 Å². The summed E-state index contributed by atoms with van der Waals surface area (Å²) in [4.78, 5) is 3.90. The van der Waals surface area contributed by atoms with Gasteiger partial charge in [0, 0.05) is 32.4 Å². The van der Waals surface area contributed by atoms with Crippen molar-refractivity contribution < 1.29 is 4.39 Å². The molecule has 0 aliphatic rings. The van der Waals surface area contributed by atoms with Crippen LogP contribution in [0.25, 0.3) is 0 Å². The van der Waals surface area contributed by atoms with Crippen LogP contribution in [0.3, 0.4) is 0 Å². The maximum absolute atomic E-state index is 13.2. The molecule has 0 amide bonds. The number of hydrogen-bond donors (Lipinski definition) is 1. The van der Waals surface area contributed by atoms with Gasteiger partial charge in [-0.2, -0.15) is 5.10 Å². The van der Waals surface area contributed by atoms with Crippen molar-refractivity contribution in [3.8, 4) is 0 Å². The van der Waals surface area contributed by atoms with E-state index in [0.717, 1.165) is 12.1 Å². The lowest BCUT2D eigenvalue weighted by Gasteiger charge is -2.04. The Kier molecular flexibility index (Phi) is 3.14. The van der Waals surface area contributed by atoms with Gasteiger partial charge in [-0.1, -0.05) is 0 Å². The number of nitrogens with one attached hydrogen (secondary N) is 1. The van der Waals surface area contributed by atoms with Gasteiger partial charge in [-0.15, -0.1) is 0 Å². The van der Waals surface area contributed by atoms with Crippen LogP contribution in [0.5, 0.6) is 0 Å². The third kappa shape index (κ3) is 2.56. The summed E-state index contributed by atoms with van der Waals surface area (Å²) in [5.74, 6) is -0.0399. The largest absolute Gasteiger partial charge is 0.367 e. The summed E-state index contributed by atoms with van der Waals surface area (Å²) in [6.45, 7) is 0.616. The molecule has 0 aromatic carbocycles. The van der Waals surface area contributed by atoms with Crippen molar-refractivity contribution in [2.45, 2.75) is 6.42 Å². The number of pyridine rings is 1. The molecule has 1 N–H and O–H groups in total. The fraction of sp³-hybridized carbons (Fsp3) is 0.273. The summed E-state index contributed by atoms with van der Waals surface area (Å²) in [5.41, 5.74) is 0.978. The molecule has 16 heavy (non-hydrogen) atoms. The highest BCUT2D eigenvalue weighted by atomic mass is 19.1. The molecule has 0 fully saturated rings. The van der Waals surface area contributed by atoms with Gasteiger partial charge in [0.1, 0.15) is 0 Å². The topological polar surface area (TPSA) is 42.7 Å². The summed E-state index contributed by atoms with van der Waals surface area (Å²) in [5, 5.41) is 7.16. The molecule has 2 rings (SSSR count). The minimum Gasteiger partial charge on any atom is -0.367 e. The second-order valence-corrected chi connectivity index (χ2v) is 3.49. The highest BCUT2D eigenvalue weighted by molar-refractivity contribution is 5.35. The Balaban J connectivity index is 1.87. The molecule has 5 heteroatoms. The van der Waals surface area contributed by atoms with Gasteiger partial charge in [-0.05, 0) is 18.2 Å². The Morgan fingerprint density at radius 1 is 1.44 bits per heavy atom. The zero-order valence-corrected chi connectivity index (χ0v) is 9.02. The molecule has 0 atom stereocenters. The molecule has 84 valence electrons. The zero-order chi connectivity index (χ0) is 11.4. The molecule has 0 aliphatic carbocycles. The first-order valence-corrected chi connectivity index (χ1v) is 5.08. The van der Waals surface area contributed by atoms with Gasteiger partial charge in [0.15, 0.2) is 11.6 Å². The maximum atomic E-state index is 13.2. The van der Waals surface area contributed by atoms with E-state index in [-0.39, 0.29) is 5.82 Å². The average Bonchev–Trinajstić information content (AvgIpc) is 2.67. The fourth-order valence-corrected chi connectivity index (χ4v) is 1.42. The minimum atomic E-state index is -0.330. The van der Waals surface area contributed by atoms with Crippen LogP contribution < -0.4 is 5.32 Å². The van der Waals surface area contributed by atoms with Crippen LogP contribution in [0.1, 0.15) is 5.69 Å². The van der Waals surface area contributed by atoms with Crippen molar-refractivity contribution in [2.75, 3.05) is 11.9 Å². The van der Waals surface area contributed by atoms with Gasteiger partial charge < -0.3 is 5.32 Å². The Labute approximate surface area is 93.1 Å². The number of rotatable bonds is 4. The van der Waals surface area contributed by atoms with Crippen LogP contribution in [0.4, 0.5) is 10.2 Å². The Hall–Kier alpha value is -1.91. The van der Waals surface area contributed by atoms with Crippen molar-refractivity contribution in [2.24, 2.45) is 7.05 Å². The molecule has 0 saturated carbocycles. The van der Waals surface area contributed by atoms with E-state index in [9.17, 15) is 4.39 Å². The number of anilines is 1. The number of aromatic nitrogens is 3. The molecule has 2 aromatic heterocycles. The van der Waals surface area contributed by atoms with Gasteiger partial charge in [0.05, 0.1) is 5.69 Å². The number of aryl methyl sites for hydroxylation is 1. The molecule has 0 bridgehead atoms. The number of hydrogen-bond acceptors (Lipinski definition) is 3. The summed E-state index contributed by atoms with van der Waals surface area (Å²) >= 11 is 0. The molecule has 0 spiro atoms. The van der Waals surface area contributed by atoms with Gasteiger partial charge in [0.2, 0.25) is 0 Å². The quantitative estimate of drug-likeness (QED) is 0.851. The first kappa shape index (κ1) is 10.6. The van der Waals surface area contributed by atoms with Gasteiger partial charge in [0.25, 0.3) is 0 Å². The van der Waals surface area contributed by atoms with E-state index in [2.05, 4.69) is 15.4 Å². The molecule has 4 nitrogen and oxygen atoms in total. The molecule has 0 radical (unpaired) electrons. The van der Waals surface area contributed by atoms with E-state index < -0.39 is 0 Å². The van der Waals surface area contributed by atoms with Gasteiger partial charge in [-0.25, -0.2) is 9.37 Å². The third-order valence-corrected chi connectivity index (χ3v) is 2.20. The first-order chi connectivity index (χ1) is 7.75. The lowest BCUT2D eigenvalue weighted by Crippen LogP contribution is -2.08. The first-order valence-electron chi connectivity index (χ1n) is 5.08. The average molecular weight is 220 g/mol. The van der Waals surface area contributed by atoms with E-state index in [4.69, 9.17) is 0 Å². The summed E-state index contributed by atoms with van der Waals surface area (Å²) < 4.78 is 14.9. The normalized spacial score (nSPS) is 10.4. The van der Waals surface area contributed by atoms with E-state index >= 15 is 0 Å². The molecule has 0 aliphatic heterocycles. The third-order valence-electron chi connectivity index (χ3n) is 2.20. The van der Waals surface area contributed by atoms with Crippen LogP contribution in [0.15, 0.2) is 30.6 Å². The summed E-state index contributed by atoms with van der Waals surface area (Å²) in [7, 11) is 1.87. The van der Waals surface area contributed by atoms with E-state index in [1.165, 1.54) is 6.07 Å². The molecule has 2 aromatic rings. The molecule has 0 unspecified atom stereocenters. The van der Waals surface area contributed by atoms with Crippen LogP contribution in [0.2, 0.25) is 0 Å². The summed E-state index contributed by atoms with van der Waals surface area (Å²) in [6.07, 6.45) is 4.19. The predicted octanol–water partition coefficient (Wildman–Crippen LogP) is 1.61. The van der Waals surface area contributed by atoms with E-state index in [0.29, 0.717) is 12.4 Å². The predicted molar refractivity (Wildman–Crippen MR) is 59.6 cm³/mol. The lowest BCUT2D eigenvalue weighted by molar-refractivity contribution is 0.624. The summed E-state index contributed by atoms with van der Waals surface area (Å²) in [6, 6.07) is 4.89. The van der Waals surface area contributed by atoms with Crippen molar-refractivity contribution in [1.82, 2.24) is 14.8 Å². The molecule has 0 saturated heterocycles. The second kappa shape index (κ2) is 4.74. The molecular formula is C11H13FN4. The highest BCUT2D eigenvalue weighted by Gasteiger charge is 2.01. The van der Waals surface area contributed by atoms with Crippen LogP contribution >= 0.6 is 0 Å². The Morgan fingerprint density at radius 2 is 2.31 bits per heavy atom. The van der Waals surface area contributed by atoms with Gasteiger partial charge in [-0.3, -0.25) is 4.68 Å². The van der Waals surface area contributed by atoms with Crippen molar-refractivity contribution in [1.29, 1.82) is 0 Å². The zero-order valence-electron chi connectivity index (χ0n) is 9.02. The lowest BCUT2D eigenvalue weighted by atomic mass is 10.3. The Morgan fingerprint density at radius 3 is 3.00 bits per heavy atom. The second-order valence-electron chi connectivity index (χ2n) is 3.49. The Bertz CT molecular complexity index is 467. The van der Waals surface area contributed by atoms with E-state index in [1.54, 1.807) is 16.9 Å². The molecule has 2 heterocycles. The van der Waals surface area contributed by atoms with Crippen LogP contribution in [-0.2, 0) is 13.5 Å². The monoisotopic (exact) mass is 220 g/mol.